The van der Waals surface area contributed by atoms with Crippen molar-refractivity contribution in [2.45, 2.75) is 45.8 Å². The van der Waals surface area contributed by atoms with E-state index in [9.17, 15) is 9.59 Å². The van der Waals surface area contributed by atoms with Gasteiger partial charge in [0.05, 0.1) is 25.6 Å². The van der Waals surface area contributed by atoms with Gasteiger partial charge in [0.2, 0.25) is 0 Å². The standard InChI is InChI=1S/C13H23NO5/c1-9(10(15)16)6-18-13(5)7-14(8-13)11(17)19-12(2,3)4/h9H,6-8H2,1-5H3,(H,15,16)/t9-/m1/s1. The Labute approximate surface area is 113 Å². The molecule has 1 aliphatic heterocycles. The highest BCUT2D eigenvalue weighted by atomic mass is 16.6. The van der Waals surface area contributed by atoms with Crippen LogP contribution in [0.25, 0.3) is 0 Å². The number of hydrogen-bond donors (Lipinski definition) is 1. The van der Waals surface area contributed by atoms with Crippen molar-refractivity contribution in [1.82, 2.24) is 4.90 Å². The van der Waals surface area contributed by atoms with Crippen LogP contribution in [-0.2, 0) is 14.3 Å². The number of carboxylic acid groups (broad SMARTS) is 1. The summed E-state index contributed by atoms with van der Waals surface area (Å²) in [6, 6.07) is 0. The van der Waals surface area contributed by atoms with E-state index >= 15 is 0 Å². The lowest BCUT2D eigenvalue weighted by Crippen LogP contribution is -2.64. The third kappa shape index (κ3) is 4.70. The zero-order valence-corrected chi connectivity index (χ0v) is 12.2. The molecule has 19 heavy (non-hydrogen) atoms. The highest BCUT2D eigenvalue weighted by Crippen LogP contribution is 2.27. The Morgan fingerprint density at radius 1 is 1.37 bits per heavy atom. The van der Waals surface area contributed by atoms with Crippen LogP contribution in [0.4, 0.5) is 4.79 Å². The van der Waals surface area contributed by atoms with Gasteiger partial charge in [0.1, 0.15) is 11.2 Å². The third-order valence-electron chi connectivity index (χ3n) is 2.81. The fraction of sp³-hybridized carbons (Fsp3) is 0.846. The van der Waals surface area contributed by atoms with Crippen LogP contribution in [0.5, 0.6) is 0 Å². The van der Waals surface area contributed by atoms with E-state index in [1.165, 1.54) is 0 Å². The first-order valence-electron chi connectivity index (χ1n) is 6.37. The SMILES string of the molecule is C[C@H](COC1(C)CN(C(=O)OC(C)(C)C)C1)C(=O)O. The van der Waals surface area contributed by atoms with Crippen LogP contribution in [0.1, 0.15) is 34.6 Å². The number of ether oxygens (including phenoxy) is 2. The number of amides is 1. The second-order valence-electron chi connectivity index (χ2n) is 6.34. The van der Waals surface area contributed by atoms with Gasteiger partial charge in [-0.1, -0.05) is 0 Å². The molecule has 6 nitrogen and oxygen atoms in total. The molecule has 0 spiro atoms. The summed E-state index contributed by atoms with van der Waals surface area (Å²) < 4.78 is 10.8. The van der Waals surface area contributed by atoms with Crippen LogP contribution in [0, 0.1) is 5.92 Å². The minimum Gasteiger partial charge on any atom is -0.481 e. The van der Waals surface area contributed by atoms with Gasteiger partial charge in [0.25, 0.3) is 0 Å². The second kappa shape index (κ2) is 5.36. The molecule has 1 N–H and O–H groups in total. The number of carbonyl (C=O) groups is 2. The van der Waals surface area contributed by atoms with Crippen LogP contribution in [-0.4, -0.2) is 53.0 Å². The lowest BCUT2D eigenvalue weighted by molar-refractivity contribution is -0.156. The zero-order chi connectivity index (χ0) is 14.8. The van der Waals surface area contributed by atoms with Gasteiger partial charge in [-0.2, -0.15) is 0 Å². The average Bonchev–Trinajstić information content (AvgIpc) is 2.19. The average molecular weight is 273 g/mol. The van der Waals surface area contributed by atoms with Crippen molar-refractivity contribution in [2.24, 2.45) is 5.92 Å². The summed E-state index contributed by atoms with van der Waals surface area (Å²) in [5.41, 5.74) is -0.984. The summed E-state index contributed by atoms with van der Waals surface area (Å²) >= 11 is 0. The predicted molar refractivity (Wildman–Crippen MR) is 69.0 cm³/mol. The fourth-order valence-corrected chi connectivity index (χ4v) is 1.71. The van der Waals surface area contributed by atoms with Crippen molar-refractivity contribution < 1.29 is 24.2 Å². The van der Waals surface area contributed by atoms with E-state index in [1.54, 1.807) is 11.8 Å². The third-order valence-corrected chi connectivity index (χ3v) is 2.81. The summed E-state index contributed by atoms with van der Waals surface area (Å²) in [5.74, 6) is -1.43. The normalized spacial score (nSPS) is 19.5. The summed E-state index contributed by atoms with van der Waals surface area (Å²) in [7, 11) is 0. The van der Waals surface area contributed by atoms with Gasteiger partial charge in [-0.15, -0.1) is 0 Å². The Morgan fingerprint density at radius 2 is 1.89 bits per heavy atom. The van der Waals surface area contributed by atoms with Gasteiger partial charge >= 0.3 is 12.1 Å². The maximum Gasteiger partial charge on any atom is 0.410 e. The largest absolute Gasteiger partial charge is 0.481 e. The van der Waals surface area contributed by atoms with Crippen LogP contribution in [0.3, 0.4) is 0 Å². The Balaban J connectivity index is 2.35. The first-order chi connectivity index (χ1) is 8.52. The second-order valence-corrected chi connectivity index (χ2v) is 6.34. The molecular weight excluding hydrogens is 250 g/mol. The van der Waals surface area contributed by atoms with E-state index in [0.717, 1.165) is 0 Å². The first kappa shape index (κ1) is 15.8. The van der Waals surface area contributed by atoms with Crippen LogP contribution in [0.15, 0.2) is 0 Å². The molecule has 1 saturated heterocycles. The van der Waals surface area contributed by atoms with Crippen molar-refractivity contribution in [1.29, 1.82) is 0 Å². The molecule has 110 valence electrons. The molecular formula is C13H23NO5. The molecule has 0 bridgehead atoms. The van der Waals surface area contributed by atoms with Crippen molar-refractivity contribution in [3.8, 4) is 0 Å². The quantitative estimate of drug-likeness (QED) is 0.844. The van der Waals surface area contributed by atoms with Crippen LogP contribution < -0.4 is 0 Å². The van der Waals surface area contributed by atoms with Gasteiger partial charge < -0.3 is 19.5 Å². The lowest BCUT2D eigenvalue weighted by atomic mass is 9.97. The van der Waals surface area contributed by atoms with E-state index in [4.69, 9.17) is 14.6 Å². The summed E-state index contributed by atoms with van der Waals surface area (Å²) in [6.45, 7) is 9.90. The van der Waals surface area contributed by atoms with Crippen molar-refractivity contribution in [3.63, 3.8) is 0 Å². The molecule has 6 heteroatoms. The summed E-state index contributed by atoms with van der Waals surface area (Å²) in [4.78, 5) is 24.0. The topological polar surface area (TPSA) is 76.1 Å². The van der Waals surface area contributed by atoms with Crippen molar-refractivity contribution in [3.05, 3.63) is 0 Å². The maximum absolute atomic E-state index is 11.7. The first-order valence-corrected chi connectivity index (χ1v) is 6.37. The molecule has 0 aliphatic carbocycles. The van der Waals surface area contributed by atoms with Gasteiger partial charge in [-0.25, -0.2) is 4.79 Å². The van der Waals surface area contributed by atoms with Gasteiger partial charge in [-0.3, -0.25) is 4.79 Å². The van der Waals surface area contributed by atoms with Crippen LogP contribution in [0.2, 0.25) is 0 Å². The minimum atomic E-state index is -0.882. The molecule has 1 rings (SSSR count). The van der Waals surface area contributed by atoms with Crippen molar-refractivity contribution >= 4 is 12.1 Å². The smallest absolute Gasteiger partial charge is 0.410 e. The highest BCUT2D eigenvalue weighted by Gasteiger charge is 2.44. The maximum atomic E-state index is 11.7. The number of carbonyl (C=O) groups excluding carboxylic acids is 1. The van der Waals surface area contributed by atoms with Gasteiger partial charge in [0, 0.05) is 0 Å². The van der Waals surface area contributed by atoms with Gasteiger partial charge in [0.15, 0.2) is 0 Å². The molecule has 1 atom stereocenters. The number of carboxylic acids is 1. The molecule has 1 fully saturated rings. The monoisotopic (exact) mass is 273 g/mol. The van der Waals surface area contributed by atoms with Crippen molar-refractivity contribution in [2.75, 3.05) is 19.7 Å². The predicted octanol–water partition coefficient (Wildman–Crippen LogP) is 1.73. The zero-order valence-electron chi connectivity index (χ0n) is 12.2. The molecule has 0 unspecified atom stereocenters. The fourth-order valence-electron chi connectivity index (χ4n) is 1.71. The van der Waals surface area contributed by atoms with Crippen LogP contribution >= 0.6 is 0 Å². The van der Waals surface area contributed by atoms with Gasteiger partial charge in [-0.05, 0) is 34.6 Å². The van der Waals surface area contributed by atoms with E-state index in [2.05, 4.69) is 0 Å². The summed E-state index contributed by atoms with van der Waals surface area (Å²) in [6.07, 6.45) is -0.361. The molecule has 1 amide bonds. The number of rotatable bonds is 4. The Bertz CT molecular complexity index is 355. The molecule has 0 saturated carbocycles. The molecule has 1 aliphatic rings. The molecule has 0 radical (unpaired) electrons. The van der Waals surface area contributed by atoms with E-state index in [1.807, 2.05) is 27.7 Å². The molecule has 0 aromatic rings. The Hall–Kier alpha value is -1.30. The number of nitrogens with zero attached hydrogens (tertiary/aromatic N) is 1. The number of likely N-dealkylation sites (tertiary alicyclic amines) is 1. The summed E-state index contributed by atoms with van der Waals surface area (Å²) in [5, 5.41) is 8.77. The molecule has 0 aromatic carbocycles. The lowest BCUT2D eigenvalue weighted by Gasteiger charge is -2.47. The molecule has 0 aromatic heterocycles. The Kier molecular flexibility index (Phi) is 4.45. The molecule has 1 heterocycles. The highest BCUT2D eigenvalue weighted by molar-refractivity contribution is 5.70. The number of hydrogen-bond acceptors (Lipinski definition) is 4. The minimum absolute atomic E-state index is 0.147. The van der Waals surface area contributed by atoms with E-state index in [0.29, 0.717) is 13.1 Å². The Morgan fingerprint density at radius 3 is 2.32 bits per heavy atom. The van der Waals surface area contributed by atoms with E-state index in [-0.39, 0.29) is 12.7 Å². The number of aliphatic carboxylic acids is 1. The van der Waals surface area contributed by atoms with E-state index < -0.39 is 23.1 Å².